The van der Waals surface area contributed by atoms with Gasteiger partial charge < -0.3 is 20.4 Å². The number of rotatable bonds is 4. The van der Waals surface area contributed by atoms with Gasteiger partial charge in [0, 0.05) is 51.4 Å². The van der Waals surface area contributed by atoms with Crippen molar-refractivity contribution in [2.45, 2.75) is 0 Å². The van der Waals surface area contributed by atoms with Gasteiger partial charge in [-0.2, -0.15) is 0 Å². The van der Waals surface area contributed by atoms with Crippen molar-refractivity contribution >= 4 is 17.5 Å². The molecule has 2 aliphatic heterocycles. The zero-order chi connectivity index (χ0) is 21.5. The number of nitrogens with two attached hydrogens (primary N) is 1. The van der Waals surface area contributed by atoms with Crippen LogP contribution in [-0.4, -0.2) is 78.6 Å². The van der Waals surface area contributed by atoms with Crippen molar-refractivity contribution in [2.24, 2.45) is 17.8 Å². The smallest absolute Gasteiger partial charge is 0.323 e. The fourth-order valence-corrected chi connectivity index (χ4v) is 4.95. The van der Waals surface area contributed by atoms with E-state index in [1.54, 1.807) is 24.3 Å². The Labute approximate surface area is 182 Å². The molecule has 0 radical (unpaired) electrons. The van der Waals surface area contributed by atoms with Crippen molar-refractivity contribution in [2.75, 3.05) is 63.9 Å². The number of amides is 2. The first-order valence-corrected chi connectivity index (χ1v) is 11.0. The summed E-state index contributed by atoms with van der Waals surface area (Å²) in [4.78, 5) is 24.1. The van der Waals surface area contributed by atoms with E-state index in [-0.39, 0.29) is 11.8 Å². The van der Waals surface area contributed by atoms with Crippen molar-refractivity contribution in [1.82, 2.24) is 19.7 Å². The number of piperidine rings is 1. The molecule has 1 aliphatic carbocycles. The van der Waals surface area contributed by atoms with Crippen LogP contribution in [0.1, 0.15) is 0 Å². The maximum absolute atomic E-state index is 13.2. The second-order valence-corrected chi connectivity index (χ2v) is 9.07. The highest BCUT2D eigenvalue weighted by atomic mass is 19.1. The summed E-state index contributed by atoms with van der Waals surface area (Å²) in [7, 11) is 2.18. The Morgan fingerprint density at radius 3 is 2.45 bits per heavy atom. The topological polar surface area (TPSA) is 77.7 Å². The fraction of sp³-hybridized carbons (Fsp3) is 0.478. The number of fused-ring (bicyclic) bond motifs is 1. The van der Waals surface area contributed by atoms with Gasteiger partial charge in [0.2, 0.25) is 0 Å². The van der Waals surface area contributed by atoms with Crippen LogP contribution < -0.4 is 11.1 Å². The monoisotopic (exact) mass is 424 g/mol. The Balaban J connectivity index is 1.17. The molecule has 2 aromatic rings. The average Bonchev–Trinajstić information content (AvgIpc) is 3.18. The zero-order valence-electron chi connectivity index (χ0n) is 17.8. The Kier molecular flexibility index (Phi) is 5.27. The van der Waals surface area contributed by atoms with Crippen LogP contribution in [0.3, 0.4) is 0 Å². The molecule has 2 saturated heterocycles. The van der Waals surface area contributed by atoms with Gasteiger partial charge in [-0.15, -0.1) is 0 Å². The number of hydrogen-bond donors (Lipinski definition) is 2. The summed E-state index contributed by atoms with van der Waals surface area (Å²) in [6, 6.07) is 9.44. The van der Waals surface area contributed by atoms with E-state index < -0.39 is 0 Å². The van der Waals surface area contributed by atoms with Crippen molar-refractivity contribution in [3.8, 4) is 11.3 Å². The number of likely N-dealkylation sites (N-methyl/N-ethyl adjacent to an activating group) is 1. The van der Waals surface area contributed by atoms with E-state index in [4.69, 9.17) is 5.73 Å². The largest absolute Gasteiger partial charge is 0.396 e. The average molecular weight is 425 g/mol. The second kappa shape index (κ2) is 8.09. The van der Waals surface area contributed by atoms with E-state index in [2.05, 4.69) is 27.1 Å². The molecule has 0 bridgehead atoms. The number of halogens is 1. The minimum absolute atomic E-state index is 0.152. The summed E-state index contributed by atoms with van der Waals surface area (Å²) in [5, 5.41) is 2.88. The molecule has 3 atom stereocenters. The molecule has 2 amide bonds. The molecule has 3 heterocycles. The number of nitrogens with zero attached hydrogens (tertiary/aromatic N) is 4. The molecule has 8 heteroatoms. The number of nitrogens with one attached hydrogen (secondary N) is 1. The van der Waals surface area contributed by atoms with Crippen LogP contribution in [0, 0.1) is 23.6 Å². The van der Waals surface area contributed by atoms with Crippen molar-refractivity contribution in [3.63, 3.8) is 0 Å². The summed E-state index contributed by atoms with van der Waals surface area (Å²) < 4.78 is 13.2. The summed E-state index contributed by atoms with van der Waals surface area (Å²) in [6.45, 7) is 7.33. The van der Waals surface area contributed by atoms with Gasteiger partial charge in [-0.1, -0.05) is 0 Å². The third-order valence-corrected chi connectivity index (χ3v) is 7.02. The standard InChI is InChI=1S/C23H29FN6O/c1-28-8-10-29(11-9-28)12-17-18-13-30(14-19(17)18)23(31)27-22-20(25)6-7-21(26-22)15-2-4-16(24)5-3-15/h2-7,17-19H,8-14,25H2,1H3,(H,26,27,31)/t17?,18-,19?/m1/s1. The summed E-state index contributed by atoms with van der Waals surface area (Å²) in [5.41, 5.74) is 7.87. The molecule has 2 unspecified atom stereocenters. The van der Waals surface area contributed by atoms with Gasteiger partial charge in [0.1, 0.15) is 5.82 Å². The zero-order valence-corrected chi connectivity index (χ0v) is 17.8. The molecule has 0 spiro atoms. The van der Waals surface area contributed by atoms with Crippen molar-refractivity contribution < 1.29 is 9.18 Å². The number of hydrogen-bond acceptors (Lipinski definition) is 5. The molecule has 3 fully saturated rings. The quantitative estimate of drug-likeness (QED) is 0.788. The van der Waals surface area contributed by atoms with Gasteiger partial charge in [-0.25, -0.2) is 14.2 Å². The van der Waals surface area contributed by atoms with Crippen LogP contribution in [0.2, 0.25) is 0 Å². The van der Waals surface area contributed by atoms with Crippen LogP contribution in [0.15, 0.2) is 36.4 Å². The Hall–Kier alpha value is -2.71. The van der Waals surface area contributed by atoms with Gasteiger partial charge in [0.15, 0.2) is 5.82 Å². The summed E-state index contributed by atoms with van der Waals surface area (Å²) in [5.74, 6) is 1.99. The van der Waals surface area contributed by atoms with Crippen molar-refractivity contribution in [1.29, 1.82) is 0 Å². The van der Waals surface area contributed by atoms with Crippen molar-refractivity contribution in [3.05, 3.63) is 42.2 Å². The Morgan fingerprint density at radius 2 is 1.77 bits per heavy atom. The lowest BCUT2D eigenvalue weighted by molar-refractivity contribution is 0.141. The van der Waals surface area contributed by atoms with Gasteiger partial charge in [0.05, 0.1) is 11.4 Å². The van der Waals surface area contributed by atoms with Crippen LogP contribution in [0.4, 0.5) is 20.7 Å². The predicted molar refractivity (Wildman–Crippen MR) is 119 cm³/mol. The number of piperazine rings is 1. The Morgan fingerprint density at radius 1 is 1.10 bits per heavy atom. The number of benzene rings is 1. The number of carbonyl (C=O) groups excluding carboxylic acids is 1. The number of nitrogen functional groups attached to an aromatic ring is 1. The normalized spacial score (nSPS) is 26.0. The third-order valence-electron chi connectivity index (χ3n) is 7.02. The molecule has 3 N–H and O–H groups in total. The number of likely N-dealkylation sites (tertiary alicyclic amines) is 1. The molecule has 31 heavy (non-hydrogen) atoms. The maximum Gasteiger partial charge on any atom is 0.323 e. The molecular formula is C23H29FN6O. The molecular weight excluding hydrogens is 395 g/mol. The minimum Gasteiger partial charge on any atom is -0.396 e. The van der Waals surface area contributed by atoms with E-state index >= 15 is 0 Å². The van der Waals surface area contributed by atoms with Gasteiger partial charge in [-0.3, -0.25) is 5.32 Å². The number of anilines is 2. The lowest BCUT2D eigenvalue weighted by Crippen LogP contribution is -2.45. The molecule has 3 aliphatic rings. The first-order valence-electron chi connectivity index (χ1n) is 11.0. The van der Waals surface area contributed by atoms with Crippen LogP contribution in [-0.2, 0) is 0 Å². The third kappa shape index (κ3) is 4.22. The lowest BCUT2D eigenvalue weighted by atomic mass is 10.1. The number of pyridine rings is 1. The highest BCUT2D eigenvalue weighted by Gasteiger charge is 2.56. The molecule has 1 aromatic carbocycles. The molecule has 5 rings (SSSR count). The van der Waals surface area contributed by atoms with Gasteiger partial charge >= 0.3 is 6.03 Å². The van der Waals surface area contributed by atoms with Crippen LogP contribution in [0.25, 0.3) is 11.3 Å². The number of urea groups is 1. The maximum atomic E-state index is 13.2. The van der Waals surface area contributed by atoms with Gasteiger partial charge in [-0.05, 0) is 61.2 Å². The Bertz CT molecular complexity index is 947. The predicted octanol–water partition coefficient (Wildman–Crippen LogP) is 2.43. The molecule has 1 saturated carbocycles. The first kappa shape index (κ1) is 20.2. The van der Waals surface area contributed by atoms with E-state index in [0.29, 0.717) is 29.0 Å². The van der Waals surface area contributed by atoms with Crippen LogP contribution >= 0.6 is 0 Å². The molecule has 7 nitrogen and oxygen atoms in total. The van der Waals surface area contributed by atoms with E-state index in [0.717, 1.165) is 57.3 Å². The van der Waals surface area contributed by atoms with Gasteiger partial charge in [0.25, 0.3) is 0 Å². The highest BCUT2D eigenvalue weighted by Crippen LogP contribution is 2.52. The summed E-state index contributed by atoms with van der Waals surface area (Å²) >= 11 is 0. The minimum atomic E-state index is -0.300. The molecule has 1 aromatic heterocycles. The second-order valence-electron chi connectivity index (χ2n) is 9.07. The summed E-state index contributed by atoms with van der Waals surface area (Å²) in [6.07, 6.45) is 0. The lowest BCUT2D eigenvalue weighted by Gasteiger charge is -2.33. The number of aromatic nitrogens is 1. The van der Waals surface area contributed by atoms with E-state index in [1.807, 2.05) is 4.90 Å². The highest BCUT2D eigenvalue weighted by molar-refractivity contribution is 5.92. The molecule has 164 valence electrons. The van der Waals surface area contributed by atoms with E-state index in [1.165, 1.54) is 12.1 Å². The first-order chi connectivity index (χ1) is 15.0. The van der Waals surface area contributed by atoms with E-state index in [9.17, 15) is 9.18 Å². The van der Waals surface area contributed by atoms with Crippen LogP contribution in [0.5, 0.6) is 0 Å². The fourth-order valence-electron chi connectivity index (χ4n) is 4.95. The number of carbonyl (C=O) groups is 1. The SMILES string of the molecule is CN1CCN(CC2C3CN(C(=O)Nc4nc(-c5ccc(F)cc5)ccc4N)C[C@H]23)CC1.